The van der Waals surface area contributed by atoms with Crippen molar-refractivity contribution in [2.75, 3.05) is 11.9 Å². The van der Waals surface area contributed by atoms with Crippen LogP contribution in [0.4, 0.5) is 9.80 Å². The zero-order valence-corrected chi connectivity index (χ0v) is 16.6. The fourth-order valence-corrected chi connectivity index (χ4v) is 4.32. The maximum Gasteiger partial charge on any atom is 0.325 e. The molecule has 0 spiro atoms. The molecule has 1 saturated heterocycles. The summed E-state index contributed by atoms with van der Waals surface area (Å²) in [4.78, 5) is 39.9. The summed E-state index contributed by atoms with van der Waals surface area (Å²) < 4.78 is 0. The van der Waals surface area contributed by atoms with Crippen molar-refractivity contribution in [2.45, 2.75) is 32.7 Å². The number of nitriles is 1. The molecule has 0 radical (unpaired) electrons. The van der Waals surface area contributed by atoms with Gasteiger partial charge in [-0.2, -0.15) is 5.26 Å². The van der Waals surface area contributed by atoms with Crippen LogP contribution < -0.4 is 10.6 Å². The average Bonchev–Trinajstić information content (AvgIpc) is 3.09. The van der Waals surface area contributed by atoms with Crippen LogP contribution in [0.2, 0.25) is 0 Å². The molecule has 2 heterocycles. The second-order valence-electron chi connectivity index (χ2n) is 6.59. The summed E-state index contributed by atoms with van der Waals surface area (Å²) in [5.41, 5.74) is 0.717. The summed E-state index contributed by atoms with van der Waals surface area (Å²) >= 11 is 1.30. The highest BCUT2D eigenvalue weighted by Gasteiger charge is 2.51. The quantitative estimate of drug-likeness (QED) is 0.758. The van der Waals surface area contributed by atoms with Crippen molar-refractivity contribution in [3.63, 3.8) is 0 Å². The zero-order valence-electron chi connectivity index (χ0n) is 15.8. The maximum absolute atomic E-state index is 13.1. The van der Waals surface area contributed by atoms with Crippen molar-refractivity contribution >= 4 is 34.2 Å². The Bertz CT molecular complexity index is 993. The molecular weight excluding hydrogens is 376 g/mol. The van der Waals surface area contributed by atoms with Crippen molar-refractivity contribution in [1.82, 2.24) is 10.2 Å². The molecule has 7 nitrogen and oxygen atoms in total. The first-order valence-electron chi connectivity index (χ1n) is 8.83. The van der Waals surface area contributed by atoms with Gasteiger partial charge in [-0.05, 0) is 31.4 Å². The molecule has 1 fully saturated rings. The van der Waals surface area contributed by atoms with Crippen molar-refractivity contribution in [1.29, 1.82) is 5.26 Å². The Morgan fingerprint density at radius 3 is 2.57 bits per heavy atom. The zero-order chi connectivity index (χ0) is 20.5. The molecule has 2 aromatic rings. The third kappa shape index (κ3) is 3.14. The van der Waals surface area contributed by atoms with Gasteiger partial charge in [0, 0.05) is 4.88 Å². The van der Waals surface area contributed by atoms with E-state index in [0.29, 0.717) is 22.5 Å². The first-order chi connectivity index (χ1) is 13.3. The van der Waals surface area contributed by atoms with E-state index in [0.717, 1.165) is 15.3 Å². The topological polar surface area (TPSA) is 102 Å². The Kier molecular flexibility index (Phi) is 5.21. The van der Waals surface area contributed by atoms with E-state index in [1.807, 2.05) is 26.8 Å². The molecular formula is C20H20N4O3S. The van der Waals surface area contributed by atoms with E-state index in [4.69, 9.17) is 0 Å². The number of carbonyl (C=O) groups is 3. The maximum atomic E-state index is 13.1. The fourth-order valence-electron chi connectivity index (χ4n) is 3.29. The molecule has 1 aliphatic heterocycles. The summed E-state index contributed by atoms with van der Waals surface area (Å²) in [7, 11) is 0. The molecule has 1 aliphatic rings. The average molecular weight is 396 g/mol. The first kappa shape index (κ1) is 19.6. The van der Waals surface area contributed by atoms with Gasteiger partial charge in [-0.25, -0.2) is 4.79 Å². The molecule has 0 unspecified atom stereocenters. The number of amides is 4. The summed E-state index contributed by atoms with van der Waals surface area (Å²) in [6.45, 7) is 5.07. The molecule has 0 saturated carbocycles. The summed E-state index contributed by atoms with van der Waals surface area (Å²) in [6, 6.07) is 10.5. The van der Waals surface area contributed by atoms with Gasteiger partial charge in [-0.3, -0.25) is 14.5 Å². The predicted octanol–water partition coefficient (Wildman–Crippen LogP) is 3.03. The van der Waals surface area contributed by atoms with Gasteiger partial charge in [0.25, 0.3) is 5.91 Å². The second-order valence-corrected chi connectivity index (χ2v) is 7.82. The van der Waals surface area contributed by atoms with Gasteiger partial charge in [-0.15, -0.1) is 11.3 Å². The van der Waals surface area contributed by atoms with Gasteiger partial charge in [0.15, 0.2) is 0 Å². The van der Waals surface area contributed by atoms with E-state index in [2.05, 4.69) is 16.7 Å². The molecule has 4 amide bonds. The van der Waals surface area contributed by atoms with Crippen LogP contribution in [0, 0.1) is 25.2 Å². The molecule has 1 aromatic carbocycles. The Hall–Kier alpha value is -3.18. The van der Waals surface area contributed by atoms with E-state index in [-0.39, 0.29) is 0 Å². The number of imide groups is 1. The number of nitrogens with one attached hydrogen (secondary N) is 2. The Balaban J connectivity index is 1.81. The van der Waals surface area contributed by atoms with E-state index in [1.165, 1.54) is 11.3 Å². The van der Waals surface area contributed by atoms with Crippen molar-refractivity contribution in [2.24, 2.45) is 0 Å². The molecule has 0 bridgehead atoms. The summed E-state index contributed by atoms with van der Waals surface area (Å²) in [6.07, 6.45) is 0.363. The molecule has 3 rings (SSSR count). The molecule has 144 valence electrons. The SMILES string of the molecule is CC[C@@]1(c2ccccc2)NC(=O)N(CC(=O)Nc2sc(C)c(C)c2C#N)C1=O. The summed E-state index contributed by atoms with van der Waals surface area (Å²) in [5.74, 6) is -0.985. The van der Waals surface area contributed by atoms with Crippen LogP contribution in [0.15, 0.2) is 30.3 Å². The minimum Gasteiger partial charge on any atom is -0.319 e. The lowest BCUT2D eigenvalue weighted by molar-refractivity contribution is -0.134. The van der Waals surface area contributed by atoms with Crippen LogP contribution in [0.25, 0.3) is 0 Å². The van der Waals surface area contributed by atoms with Gasteiger partial charge < -0.3 is 10.6 Å². The lowest BCUT2D eigenvalue weighted by atomic mass is 9.87. The number of hydrogen-bond acceptors (Lipinski definition) is 5. The fraction of sp³-hybridized carbons (Fsp3) is 0.300. The van der Waals surface area contributed by atoms with Gasteiger partial charge in [0.2, 0.25) is 5.91 Å². The number of aryl methyl sites for hydroxylation is 1. The van der Waals surface area contributed by atoms with Gasteiger partial charge in [0.1, 0.15) is 23.2 Å². The first-order valence-corrected chi connectivity index (χ1v) is 9.65. The van der Waals surface area contributed by atoms with E-state index < -0.39 is 29.9 Å². The monoisotopic (exact) mass is 396 g/mol. The third-order valence-corrected chi connectivity index (χ3v) is 6.15. The van der Waals surface area contributed by atoms with Crippen LogP contribution in [0.1, 0.15) is 34.9 Å². The minimum atomic E-state index is -1.17. The van der Waals surface area contributed by atoms with Crippen LogP contribution in [-0.2, 0) is 15.1 Å². The number of anilines is 1. The van der Waals surface area contributed by atoms with Crippen LogP contribution in [-0.4, -0.2) is 29.3 Å². The van der Waals surface area contributed by atoms with Gasteiger partial charge >= 0.3 is 6.03 Å². The molecule has 1 atom stereocenters. The molecule has 1 aromatic heterocycles. The second kappa shape index (κ2) is 7.44. The number of urea groups is 1. The predicted molar refractivity (Wildman–Crippen MR) is 106 cm³/mol. The number of carbonyl (C=O) groups excluding carboxylic acids is 3. The highest BCUT2D eigenvalue weighted by atomic mass is 32.1. The smallest absolute Gasteiger partial charge is 0.319 e. The summed E-state index contributed by atoms with van der Waals surface area (Å²) in [5, 5.41) is 15.1. The van der Waals surface area contributed by atoms with Crippen molar-refractivity contribution in [3.05, 3.63) is 51.9 Å². The largest absolute Gasteiger partial charge is 0.325 e. The standard InChI is InChI=1S/C20H20N4O3S/c1-4-20(14-8-6-5-7-9-14)18(26)24(19(27)23-20)11-16(25)22-17-15(10-21)12(2)13(3)28-17/h5-9H,4,11H2,1-3H3,(H,22,25)(H,23,27)/t20-/m0/s1. The van der Waals surface area contributed by atoms with E-state index in [1.54, 1.807) is 24.3 Å². The number of rotatable bonds is 5. The van der Waals surface area contributed by atoms with Crippen LogP contribution in [0.5, 0.6) is 0 Å². The van der Waals surface area contributed by atoms with Gasteiger partial charge in [0.05, 0.1) is 5.56 Å². The lowest BCUT2D eigenvalue weighted by Gasteiger charge is -2.25. The Labute approximate surface area is 167 Å². The van der Waals surface area contributed by atoms with Crippen molar-refractivity contribution < 1.29 is 14.4 Å². The number of nitrogens with zero attached hydrogens (tertiary/aromatic N) is 2. The molecule has 28 heavy (non-hydrogen) atoms. The van der Waals surface area contributed by atoms with E-state index in [9.17, 15) is 19.6 Å². The third-order valence-electron chi connectivity index (χ3n) is 5.02. The highest BCUT2D eigenvalue weighted by Crippen LogP contribution is 2.33. The van der Waals surface area contributed by atoms with Crippen LogP contribution >= 0.6 is 11.3 Å². The van der Waals surface area contributed by atoms with E-state index >= 15 is 0 Å². The number of thiophene rings is 1. The van der Waals surface area contributed by atoms with Crippen molar-refractivity contribution in [3.8, 4) is 6.07 Å². The normalized spacial score (nSPS) is 18.7. The highest BCUT2D eigenvalue weighted by molar-refractivity contribution is 7.16. The molecule has 8 heteroatoms. The number of benzene rings is 1. The minimum absolute atomic E-state index is 0.363. The molecule has 0 aliphatic carbocycles. The van der Waals surface area contributed by atoms with Crippen LogP contribution in [0.3, 0.4) is 0 Å². The number of hydrogen-bond donors (Lipinski definition) is 2. The molecule has 2 N–H and O–H groups in total. The Morgan fingerprint density at radius 1 is 1.29 bits per heavy atom. The Morgan fingerprint density at radius 2 is 1.96 bits per heavy atom. The van der Waals surface area contributed by atoms with Gasteiger partial charge in [-0.1, -0.05) is 37.3 Å². The lowest BCUT2D eigenvalue weighted by Crippen LogP contribution is -2.44.